The van der Waals surface area contributed by atoms with E-state index in [1.165, 1.54) is 12.1 Å². The average Bonchev–Trinajstić information content (AvgIpc) is 2.61. The molecule has 0 bridgehead atoms. The number of benzene rings is 2. The molecule has 0 saturated heterocycles. The van der Waals surface area contributed by atoms with E-state index in [4.69, 9.17) is 0 Å². The third-order valence-corrected chi connectivity index (χ3v) is 3.96. The number of rotatable bonds is 7. The fraction of sp³-hybridized carbons (Fsp3) is 0.333. The number of carbonyl (C=O) groups excluding carboxylic acids is 2. The fourth-order valence-corrected chi connectivity index (χ4v) is 2.57. The highest BCUT2D eigenvalue weighted by molar-refractivity contribution is 6.02. The summed E-state index contributed by atoms with van der Waals surface area (Å²) >= 11 is 0. The molecule has 0 radical (unpaired) electrons. The van der Waals surface area contributed by atoms with Gasteiger partial charge in [-0.15, -0.1) is 0 Å². The van der Waals surface area contributed by atoms with E-state index in [1.54, 1.807) is 30.3 Å². The van der Waals surface area contributed by atoms with Gasteiger partial charge in [-0.25, -0.2) is 4.39 Å². The highest BCUT2D eigenvalue weighted by Gasteiger charge is 2.15. The molecule has 2 aromatic carbocycles. The average molecular weight is 371 g/mol. The molecule has 0 aliphatic heterocycles. The van der Waals surface area contributed by atoms with Gasteiger partial charge in [-0.2, -0.15) is 0 Å². The van der Waals surface area contributed by atoms with Crippen LogP contribution in [0.2, 0.25) is 0 Å². The lowest BCUT2D eigenvalue weighted by atomic mass is 10.1. The van der Waals surface area contributed by atoms with E-state index in [0.717, 1.165) is 5.69 Å². The zero-order valence-corrected chi connectivity index (χ0v) is 16.2. The van der Waals surface area contributed by atoms with Gasteiger partial charge in [0.1, 0.15) is 5.82 Å². The molecule has 0 heterocycles. The zero-order chi connectivity index (χ0) is 20.0. The summed E-state index contributed by atoms with van der Waals surface area (Å²) in [4.78, 5) is 26.7. The van der Waals surface area contributed by atoms with E-state index in [0.29, 0.717) is 29.3 Å². The van der Waals surface area contributed by atoms with E-state index in [1.807, 2.05) is 32.8 Å². The fourth-order valence-electron chi connectivity index (χ4n) is 2.57. The number of anilines is 2. The van der Waals surface area contributed by atoms with Crippen molar-refractivity contribution in [3.05, 3.63) is 59.4 Å². The van der Waals surface area contributed by atoms with Gasteiger partial charge in [0, 0.05) is 32.0 Å². The van der Waals surface area contributed by atoms with Gasteiger partial charge in [0.05, 0.1) is 12.0 Å². The van der Waals surface area contributed by atoms with Gasteiger partial charge in [-0.1, -0.05) is 26.0 Å². The third-order valence-electron chi connectivity index (χ3n) is 3.96. The molecule has 0 aliphatic rings. The van der Waals surface area contributed by atoms with Crippen LogP contribution in [0, 0.1) is 11.7 Å². The van der Waals surface area contributed by atoms with Gasteiger partial charge in [0.25, 0.3) is 5.91 Å². The number of nitrogens with zero attached hydrogens (tertiary/aromatic N) is 1. The SMILES string of the molecule is CC(C)CNC(=O)c1cc(NC(=O)Cc2ccc(F)cc2)ccc1N(C)C. The van der Waals surface area contributed by atoms with Gasteiger partial charge in [-0.05, 0) is 41.8 Å². The summed E-state index contributed by atoms with van der Waals surface area (Å²) in [5.74, 6) is -0.402. The minimum absolute atomic E-state index is 0.130. The summed E-state index contributed by atoms with van der Waals surface area (Å²) in [5.41, 5.74) is 2.53. The smallest absolute Gasteiger partial charge is 0.253 e. The molecule has 5 nitrogen and oxygen atoms in total. The van der Waals surface area contributed by atoms with Crippen molar-refractivity contribution in [1.82, 2.24) is 5.32 Å². The highest BCUT2D eigenvalue weighted by atomic mass is 19.1. The van der Waals surface area contributed by atoms with Gasteiger partial charge in [-0.3, -0.25) is 9.59 Å². The Morgan fingerprint density at radius 2 is 1.74 bits per heavy atom. The van der Waals surface area contributed by atoms with Crippen LogP contribution in [0.25, 0.3) is 0 Å². The quantitative estimate of drug-likeness (QED) is 0.784. The van der Waals surface area contributed by atoms with Crippen LogP contribution in [0.3, 0.4) is 0 Å². The van der Waals surface area contributed by atoms with Crippen molar-refractivity contribution in [3.63, 3.8) is 0 Å². The Balaban J connectivity index is 2.14. The molecule has 27 heavy (non-hydrogen) atoms. The molecule has 2 rings (SSSR count). The second-order valence-electron chi connectivity index (χ2n) is 7.08. The number of halogens is 1. The Morgan fingerprint density at radius 1 is 1.07 bits per heavy atom. The minimum Gasteiger partial charge on any atom is -0.377 e. The summed E-state index contributed by atoms with van der Waals surface area (Å²) in [6.45, 7) is 4.63. The summed E-state index contributed by atoms with van der Waals surface area (Å²) in [6.07, 6.45) is 0.130. The van der Waals surface area contributed by atoms with Crippen molar-refractivity contribution in [3.8, 4) is 0 Å². The molecule has 144 valence electrons. The number of hydrogen-bond acceptors (Lipinski definition) is 3. The lowest BCUT2D eigenvalue weighted by Gasteiger charge is -2.19. The van der Waals surface area contributed by atoms with Gasteiger partial charge in [0.15, 0.2) is 0 Å². The first-order valence-corrected chi connectivity index (χ1v) is 8.90. The number of amides is 2. The first-order chi connectivity index (χ1) is 12.8. The van der Waals surface area contributed by atoms with Gasteiger partial charge >= 0.3 is 0 Å². The van der Waals surface area contributed by atoms with Crippen LogP contribution < -0.4 is 15.5 Å². The third kappa shape index (κ3) is 6.09. The lowest BCUT2D eigenvalue weighted by Crippen LogP contribution is -2.29. The maximum atomic E-state index is 13.0. The minimum atomic E-state index is -0.338. The van der Waals surface area contributed by atoms with Crippen molar-refractivity contribution < 1.29 is 14.0 Å². The summed E-state index contributed by atoms with van der Waals surface area (Å²) < 4.78 is 13.0. The predicted octanol–water partition coefficient (Wildman–Crippen LogP) is 3.46. The van der Waals surface area contributed by atoms with Crippen LogP contribution in [0.4, 0.5) is 15.8 Å². The van der Waals surface area contributed by atoms with Crippen LogP contribution >= 0.6 is 0 Å². The Kier molecular flexibility index (Phi) is 6.93. The van der Waals surface area contributed by atoms with E-state index in [2.05, 4.69) is 10.6 Å². The Bertz CT molecular complexity index is 802. The Morgan fingerprint density at radius 3 is 2.33 bits per heavy atom. The molecule has 0 atom stereocenters. The topological polar surface area (TPSA) is 61.4 Å². The second-order valence-corrected chi connectivity index (χ2v) is 7.08. The maximum absolute atomic E-state index is 13.0. The highest BCUT2D eigenvalue weighted by Crippen LogP contribution is 2.23. The van der Waals surface area contributed by atoms with Crippen LogP contribution in [0.5, 0.6) is 0 Å². The van der Waals surface area contributed by atoms with Crippen LogP contribution in [-0.2, 0) is 11.2 Å². The monoisotopic (exact) mass is 371 g/mol. The summed E-state index contributed by atoms with van der Waals surface area (Å²) in [6, 6.07) is 11.0. The molecule has 0 aliphatic carbocycles. The molecule has 0 unspecified atom stereocenters. The molecule has 0 spiro atoms. The van der Waals surface area contributed by atoms with Crippen molar-refractivity contribution in [2.75, 3.05) is 30.9 Å². The molecular weight excluding hydrogens is 345 g/mol. The van der Waals surface area contributed by atoms with E-state index < -0.39 is 0 Å². The van der Waals surface area contributed by atoms with Crippen molar-refractivity contribution in [2.24, 2.45) is 5.92 Å². The number of carbonyl (C=O) groups is 2. The van der Waals surface area contributed by atoms with E-state index >= 15 is 0 Å². The molecule has 0 saturated carbocycles. The Labute approximate surface area is 159 Å². The largest absolute Gasteiger partial charge is 0.377 e. The molecule has 0 fully saturated rings. The first-order valence-electron chi connectivity index (χ1n) is 8.90. The van der Waals surface area contributed by atoms with Crippen LogP contribution in [0.15, 0.2) is 42.5 Å². The predicted molar refractivity (Wildman–Crippen MR) is 107 cm³/mol. The normalized spacial score (nSPS) is 10.6. The van der Waals surface area contributed by atoms with Crippen molar-refractivity contribution in [2.45, 2.75) is 20.3 Å². The molecule has 6 heteroatoms. The summed E-state index contributed by atoms with van der Waals surface area (Å²) in [5, 5.41) is 5.71. The Hall–Kier alpha value is -2.89. The maximum Gasteiger partial charge on any atom is 0.253 e. The first kappa shape index (κ1) is 20.4. The van der Waals surface area contributed by atoms with Gasteiger partial charge < -0.3 is 15.5 Å². The summed E-state index contributed by atoms with van der Waals surface area (Å²) in [7, 11) is 3.72. The molecular formula is C21H26FN3O2. The number of nitrogens with one attached hydrogen (secondary N) is 2. The zero-order valence-electron chi connectivity index (χ0n) is 16.2. The van der Waals surface area contributed by atoms with Crippen LogP contribution in [-0.4, -0.2) is 32.5 Å². The molecule has 2 N–H and O–H groups in total. The molecule has 2 amide bonds. The molecule has 0 aromatic heterocycles. The van der Waals surface area contributed by atoms with E-state index in [-0.39, 0.29) is 24.1 Å². The van der Waals surface area contributed by atoms with Crippen molar-refractivity contribution >= 4 is 23.2 Å². The standard InChI is InChI=1S/C21H26FN3O2/c1-14(2)13-23-21(27)18-12-17(9-10-19(18)25(3)4)24-20(26)11-15-5-7-16(22)8-6-15/h5-10,12,14H,11,13H2,1-4H3,(H,23,27)(H,24,26). The van der Waals surface area contributed by atoms with Crippen LogP contribution in [0.1, 0.15) is 29.8 Å². The van der Waals surface area contributed by atoms with Gasteiger partial charge in [0.2, 0.25) is 5.91 Å². The van der Waals surface area contributed by atoms with E-state index in [9.17, 15) is 14.0 Å². The molecule has 2 aromatic rings. The van der Waals surface area contributed by atoms with Crippen molar-refractivity contribution in [1.29, 1.82) is 0 Å². The number of hydrogen-bond donors (Lipinski definition) is 2. The second kappa shape index (κ2) is 9.16. The lowest BCUT2D eigenvalue weighted by molar-refractivity contribution is -0.115.